The molecule has 1 unspecified atom stereocenters. The minimum Gasteiger partial charge on any atom is -0.354 e. The number of nitrogens with one attached hydrogen (secondary N) is 1. The lowest BCUT2D eigenvalue weighted by atomic mass is 10.0. The van der Waals surface area contributed by atoms with Crippen molar-refractivity contribution in [3.05, 3.63) is 59.1 Å². The average molecular weight is 271 g/mol. The Hall–Kier alpha value is -1.77. The number of aromatic nitrogens is 1. The van der Waals surface area contributed by atoms with Crippen molar-refractivity contribution >= 4 is 22.5 Å². The number of nitrogens with two attached hydrogens (primary N) is 1. The lowest BCUT2D eigenvalue weighted by Crippen LogP contribution is -2.05. The summed E-state index contributed by atoms with van der Waals surface area (Å²) in [6.45, 7) is 2.00. The van der Waals surface area contributed by atoms with Gasteiger partial charge in [-0.25, -0.2) is 0 Å². The summed E-state index contributed by atoms with van der Waals surface area (Å²) < 4.78 is 0. The van der Waals surface area contributed by atoms with Gasteiger partial charge in [-0.1, -0.05) is 41.9 Å². The molecule has 3 aromatic rings. The van der Waals surface area contributed by atoms with Gasteiger partial charge in [0.15, 0.2) is 0 Å². The van der Waals surface area contributed by atoms with Crippen molar-refractivity contribution in [1.82, 2.24) is 4.98 Å². The number of hydrogen-bond donors (Lipinski definition) is 2. The molecule has 3 rings (SSSR count). The maximum absolute atomic E-state index is 6.15. The smallest absolute Gasteiger partial charge is 0.0513 e. The van der Waals surface area contributed by atoms with E-state index in [9.17, 15) is 0 Å². The molecule has 0 saturated heterocycles. The molecule has 3 N–H and O–H groups in total. The number of benzene rings is 2. The lowest BCUT2D eigenvalue weighted by Gasteiger charge is -2.08. The predicted molar refractivity (Wildman–Crippen MR) is 81.3 cm³/mol. The van der Waals surface area contributed by atoms with E-state index in [0.717, 1.165) is 32.7 Å². The van der Waals surface area contributed by atoms with Crippen LogP contribution >= 0.6 is 11.6 Å². The summed E-state index contributed by atoms with van der Waals surface area (Å²) in [5.74, 6) is 0. The molecule has 0 aliphatic heterocycles. The number of rotatable bonds is 2. The number of hydrogen-bond acceptors (Lipinski definition) is 1. The van der Waals surface area contributed by atoms with Crippen LogP contribution in [0.15, 0.2) is 48.5 Å². The van der Waals surface area contributed by atoms with Crippen LogP contribution in [0.3, 0.4) is 0 Å². The summed E-state index contributed by atoms with van der Waals surface area (Å²) in [4.78, 5) is 3.45. The summed E-state index contributed by atoms with van der Waals surface area (Å²) in [6, 6.07) is 16.0. The maximum Gasteiger partial charge on any atom is 0.0513 e. The van der Waals surface area contributed by atoms with Gasteiger partial charge in [0.1, 0.15) is 0 Å². The Balaban J connectivity index is 2.33. The zero-order chi connectivity index (χ0) is 13.4. The van der Waals surface area contributed by atoms with Gasteiger partial charge >= 0.3 is 0 Å². The van der Waals surface area contributed by atoms with E-state index in [4.69, 9.17) is 17.3 Å². The van der Waals surface area contributed by atoms with Gasteiger partial charge in [0.05, 0.1) is 5.69 Å². The first kappa shape index (κ1) is 12.3. The zero-order valence-electron chi connectivity index (χ0n) is 10.7. The monoisotopic (exact) mass is 270 g/mol. The predicted octanol–water partition coefficient (Wildman–Crippen LogP) is 4.51. The highest BCUT2D eigenvalue weighted by molar-refractivity contribution is 6.31. The van der Waals surface area contributed by atoms with E-state index in [-0.39, 0.29) is 6.04 Å². The highest BCUT2D eigenvalue weighted by Crippen LogP contribution is 2.34. The highest BCUT2D eigenvalue weighted by atomic mass is 35.5. The van der Waals surface area contributed by atoms with Crippen LogP contribution in [0.25, 0.3) is 22.2 Å². The molecule has 0 aliphatic carbocycles. The van der Waals surface area contributed by atoms with Crippen LogP contribution < -0.4 is 5.73 Å². The van der Waals surface area contributed by atoms with Gasteiger partial charge in [-0.2, -0.15) is 0 Å². The first-order chi connectivity index (χ1) is 9.16. The summed E-state index contributed by atoms with van der Waals surface area (Å²) in [6.07, 6.45) is 0. The van der Waals surface area contributed by atoms with Gasteiger partial charge in [0.25, 0.3) is 0 Å². The zero-order valence-corrected chi connectivity index (χ0v) is 11.4. The van der Waals surface area contributed by atoms with Crippen molar-refractivity contribution < 1.29 is 0 Å². The Morgan fingerprint density at radius 1 is 1.11 bits per heavy atom. The molecule has 1 atom stereocenters. The van der Waals surface area contributed by atoms with Crippen molar-refractivity contribution in [3.63, 3.8) is 0 Å². The number of aromatic amines is 1. The van der Waals surface area contributed by atoms with Crippen LogP contribution in [0.4, 0.5) is 0 Å². The fourth-order valence-corrected chi connectivity index (χ4v) is 2.66. The van der Waals surface area contributed by atoms with Crippen LogP contribution in [-0.4, -0.2) is 4.98 Å². The summed E-state index contributed by atoms with van der Waals surface area (Å²) >= 11 is 6.10. The first-order valence-corrected chi connectivity index (χ1v) is 6.67. The Kier molecular flexibility index (Phi) is 3.05. The third-order valence-electron chi connectivity index (χ3n) is 3.32. The largest absolute Gasteiger partial charge is 0.354 e. The van der Waals surface area contributed by atoms with Gasteiger partial charge < -0.3 is 10.7 Å². The van der Waals surface area contributed by atoms with E-state index in [0.29, 0.717) is 0 Å². The first-order valence-electron chi connectivity index (χ1n) is 6.29. The minimum absolute atomic E-state index is 0.0533. The SMILES string of the molecule is CC(N)c1c(-c2ccccc2)[nH]c2ccc(Cl)cc12. The minimum atomic E-state index is -0.0533. The van der Waals surface area contributed by atoms with E-state index < -0.39 is 0 Å². The standard InChI is InChI=1S/C16H15ClN2/c1-10(18)15-13-9-12(17)7-8-14(13)19-16(15)11-5-3-2-4-6-11/h2-10,19H,18H2,1H3. The molecule has 0 spiro atoms. The van der Waals surface area contributed by atoms with E-state index in [1.54, 1.807) is 0 Å². The third-order valence-corrected chi connectivity index (χ3v) is 3.55. The van der Waals surface area contributed by atoms with Crippen LogP contribution in [0.1, 0.15) is 18.5 Å². The Labute approximate surface area is 117 Å². The summed E-state index contributed by atoms with van der Waals surface area (Å²) in [7, 11) is 0. The molecule has 0 fully saturated rings. The van der Waals surface area contributed by atoms with E-state index in [1.165, 1.54) is 0 Å². The van der Waals surface area contributed by atoms with Crippen molar-refractivity contribution in [2.45, 2.75) is 13.0 Å². The van der Waals surface area contributed by atoms with Crippen LogP contribution in [0, 0.1) is 0 Å². The second-order valence-electron chi connectivity index (χ2n) is 4.76. The molecule has 0 bridgehead atoms. The average Bonchev–Trinajstić information content (AvgIpc) is 2.78. The number of fused-ring (bicyclic) bond motifs is 1. The van der Waals surface area contributed by atoms with Gasteiger partial charge in [-0.15, -0.1) is 0 Å². The highest BCUT2D eigenvalue weighted by Gasteiger charge is 2.16. The molecule has 0 radical (unpaired) electrons. The van der Waals surface area contributed by atoms with E-state index in [2.05, 4.69) is 17.1 Å². The summed E-state index contributed by atoms with van der Waals surface area (Å²) in [5, 5.41) is 1.83. The second kappa shape index (κ2) is 4.72. The Bertz CT molecular complexity index is 714. The lowest BCUT2D eigenvalue weighted by molar-refractivity contribution is 0.828. The molecule has 3 heteroatoms. The molecule has 0 saturated carbocycles. The van der Waals surface area contributed by atoms with Crippen molar-refractivity contribution in [3.8, 4) is 11.3 Å². The van der Waals surface area contributed by atoms with Gasteiger partial charge in [0.2, 0.25) is 0 Å². The fraction of sp³-hybridized carbons (Fsp3) is 0.125. The molecule has 0 aliphatic rings. The normalized spacial score (nSPS) is 12.8. The molecule has 2 aromatic carbocycles. The second-order valence-corrected chi connectivity index (χ2v) is 5.19. The molecular weight excluding hydrogens is 256 g/mol. The topological polar surface area (TPSA) is 41.8 Å². The van der Waals surface area contributed by atoms with Crippen LogP contribution in [0.5, 0.6) is 0 Å². The number of H-pyrrole nitrogens is 1. The molecule has 0 amide bonds. The third kappa shape index (κ3) is 2.14. The molecule has 2 nitrogen and oxygen atoms in total. The molecular formula is C16H15ClN2. The van der Waals surface area contributed by atoms with Gasteiger partial charge in [-0.05, 0) is 30.7 Å². The van der Waals surface area contributed by atoms with Crippen LogP contribution in [-0.2, 0) is 0 Å². The van der Waals surface area contributed by atoms with Gasteiger partial charge in [-0.3, -0.25) is 0 Å². The number of halogens is 1. The maximum atomic E-state index is 6.15. The Morgan fingerprint density at radius 3 is 2.53 bits per heavy atom. The molecule has 19 heavy (non-hydrogen) atoms. The fourth-order valence-electron chi connectivity index (χ4n) is 2.49. The molecule has 96 valence electrons. The molecule has 1 heterocycles. The van der Waals surface area contributed by atoms with E-state index in [1.807, 2.05) is 43.3 Å². The quantitative estimate of drug-likeness (QED) is 0.707. The van der Waals surface area contributed by atoms with Crippen molar-refractivity contribution in [2.24, 2.45) is 5.73 Å². The van der Waals surface area contributed by atoms with Gasteiger partial charge in [0, 0.05) is 27.5 Å². The molecule has 1 aromatic heterocycles. The van der Waals surface area contributed by atoms with Crippen molar-refractivity contribution in [2.75, 3.05) is 0 Å². The Morgan fingerprint density at radius 2 is 1.84 bits per heavy atom. The van der Waals surface area contributed by atoms with Crippen LogP contribution in [0.2, 0.25) is 5.02 Å². The van der Waals surface area contributed by atoms with E-state index >= 15 is 0 Å². The van der Waals surface area contributed by atoms with Crippen molar-refractivity contribution in [1.29, 1.82) is 0 Å². The summed E-state index contributed by atoms with van der Waals surface area (Å²) in [5.41, 5.74) is 10.5.